The maximum absolute atomic E-state index is 10.6. The summed E-state index contributed by atoms with van der Waals surface area (Å²) >= 11 is 0. The average molecular weight is 379 g/mol. The summed E-state index contributed by atoms with van der Waals surface area (Å²) < 4.78 is 17.9. The predicted molar refractivity (Wildman–Crippen MR) is 102 cm³/mol. The lowest BCUT2D eigenvalue weighted by Crippen LogP contribution is -2.50. The first-order valence-electron chi connectivity index (χ1n) is 8.83. The molecule has 1 heterocycles. The average Bonchev–Trinajstić information content (AvgIpc) is 2.61. The Balaban J connectivity index is 2.74. The summed E-state index contributed by atoms with van der Waals surface area (Å²) in [7, 11) is -4.03. The Morgan fingerprint density at radius 2 is 1.33 bits per heavy atom. The topological polar surface area (TPSA) is 68.2 Å². The third-order valence-electron chi connectivity index (χ3n) is 5.96. The van der Waals surface area contributed by atoms with Gasteiger partial charge in [-0.25, -0.2) is 0 Å². The van der Waals surface area contributed by atoms with Gasteiger partial charge >= 0.3 is 0 Å². The summed E-state index contributed by atoms with van der Waals surface area (Å²) in [5.41, 5.74) is 0. The number of aliphatic hydroxyl groups excluding tert-OH is 2. The molecule has 0 radical (unpaired) electrons. The van der Waals surface area contributed by atoms with Crippen molar-refractivity contribution in [2.24, 2.45) is 0 Å². The van der Waals surface area contributed by atoms with Crippen LogP contribution in [0.3, 0.4) is 0 Å². The standard InChI is InChI=1S/C17H38O5Si2/c1-16(2,3)23(7,8)20-11-12-13(18)14(15(19)21-12)22-24(9,10)17(4,5)6/h12-15,18-19H,11H2,1-10H3/t12-,13-,14-,15-/m1/s1. The molecule has 0 amide bonds. The third kappa shape index (κ3) is 4.90. The quantitative estimate of drug-likeness (QED) is 0.717. The molecule has 1 aliphatic heterocycles. The lowest BCUT2D eigenvalue weighted by atomic mass is 10.1. The van der Waals surface area contributed by atoms with Gasteiger partial charge in [-0.05, 0) is 36.3 Å². The van der Waals surface area contributed by atoms with Gasteiger partial charge in [-0.15, -0.1) is 0 Å². The van der Waals surface area contributed by atoms with Crippen LogP contribution in [0.5, 0.6) is 0 Å². The zero-order valence-corrected chi connectivity index (χ0v) is 19.1. The van der Waals surface area contributed by atoms with Crippen molar-refractivity contribution in [1.82, 2.24) is 0 Å². The maximum Gasteiger partial charge on any atom is 0.192 e. The lowest BCUT2D eigenvalue weighted by Gasteiger charge is -2.39. The molecule has 0 saturated carbocycles. The van der Waals surface area contributed by atoms with E-state index in [4.69, 9.17) is 13.6 Å². The molecule has 0 aromatic heterocycles. The first kappa shape index (κ1) is 22.3. The second kappa shape index (κ2) is 7.10. The third-order valence-corrected chi connectivity index (χ3v) is 14.9. The molecule has 24 heavy (non-hydrogen) atoms. The number of hydrogen-bond donors (Lipinski definition) is 2. The van der Waals surface area contributed by atoms with E-state index in [1.165, 1.54) is 0 Å². The molecule has 0 bridgehead atoms. The van der Waals surface area contributed by atoms with Crippen LogP contribution in [-0.2, 0) is 13.6 Å². The maximum atomic E-state index is 10.6. The molecule has 2 N–H and O–H groups in total. The molecule has 5 nitrogen and oxygen atoms in total. The molecule has 1 saturated heterocycles. The summed E-state index contributed by atoms with van der Waals surface area (Å²) in [6.45, 7) is 21.7. The summed E-state index contributed by atoms with van der Waals surface area (Å²) in [6.07, 6.45) is -3.25. The van der Waals surface area contributed by atoms with Crippen molar-refractivity contribution < 1.29 is 23.8 Å². The monoisotopic (exact) mass is 378 g/mol. The molecule has 4 atom stereocenters. The lowest BCUT2D eigenvalue weighted by molar-refractivity contribution is -0.129. The number of aliphatic hydroxyl groups is 2. The minimum absolute atomic E-state index is 0.00215. The molecule has 1 rings (SSSR count). The molecule has 0 aromatic rings. The van der Waals surface area contributed by atoms with Crippen LogP contribution >= 0.6 is 0 Å². The van der Waals surface area contributed by atoms with Gasteiger partial charge in [-0.3, -0.25) is 0 Å². The highest BCUT2D eigenvalue weighted by molar-refractivity contribution is 6.74. The summed E-state index contributed by atoms with van der Waals surface area (Å²) in [4.78, 5) is 0. The number of ether oxygens (including phenoxy) is 1. The molecular formula is C17H38O5Si2. The Labute approximate surface area is 150 Å². The van der Waals surface area contributed by atoms with Crippen LogP contribution in [0.2, 0.25) is 36.3 Å². The zero-order chi connectivity index (χ0) is 19.1. The number of rotatable bonds is 5. The van der Waals surface area contributed by atoms with Gasteiger partial charge in [-0.2, -0.15) is 0 Å². The fourth-order valence-corrected chi connectivity index (χ4v) is 4.31. The van der Waals surface area contributed by atoms with Crippen molar-refractivity contribution in [3.63, 3.8) is 0 Å². The molecular weight excluding hydrogens is 340 g/mol. The summed E-state index contributed by atoms with van der Waals surface area (Å²) in [5, 5.41) is 20.9. The first-order chi connectivity index (χ1) is 10.5. The fraction of sp³-hybridized carbons (Fsp3) is 1.00. The molecule has 0 spiro atoms. The largest absolute Gasteiger partial charge is 0.414 e. The zero-order valence-electron chi connectivity index (χ0n) is 17.1. The Morgan fingerprint density at radius 3 is 1.75 bits per heavy atom. The van der Waals surface area contributed by atoms with E-state index in [9.17, 15) is 10.2 Å². The van der Waals surface area contributed by atoms with E-state index < -0.39 is 41.2 Å². The first-order valence-corrected chi connectivity index (χ1v) is 14.6. The molecule has 7 heteroatoms. The highest BCUT2D eigenvalue weighted by Gasteiger charge is 2.50. The molecule has 0 aliphatic carbocycles. The van der Waals surface area contributed by atoms with E-state index in [1.807, 2.05) is 0 Å². The minimum Gasteiger partial charge on any atom is -0.414 e. The van der Waals surface area contributed by atoms with Crippen molar-refractivity contribution >= 4 is 16.6 Å². The second-order valence-corrected chi connectivity index (χ2v) is 19.5. The summed E-state index contributed by atoms with van der Waals surface area (Å²) in [6, 6.07) is 0. The van der Waals surface area contributed by atoms with E-state index in [1.54, 1.807) is 0 Å². The van der Waals surface area contributed by atoms with Crippen molar-refractivity contribution in [2.45, 2.75) is 102 Å². The van der Waals surface area contributed by atoms with Crippen molar-refractivity contribution in [3.8, 4) is 0 Å². The van der Waals surface area contributed by atoms with Crippen LogP contribution < -0.4 is 0 Å². The molecule has 1 fully saturated rings. The molecule has 0 aromatic carbocycles. The van der Waals surface area contributed by atoms with Gasteiger partial charge < -0.3 is 23.8 Å². The Kier molecular flexibility index (Phi) is 6.59. The van der Waals surface area contributed by atoms with Gasteiger partial charge in [0, 0.05) is 0 Å². The molecule has 144 valence electrons. The Hall–Kier alpha value is 0.234. The number of hydrogen-bond acceptors (Lipinski definition) is 5. The van der Waals surface area contributed by atoms with Crippen LogP contribution in [0, 0.1) is 0 Å². The Morgan fingerprint density at radius 1 is 0.875 bits per heavy atom. The normalized spacial score (nSPS) is 30.0. The fourth-order valence-electron chi connectivity index (χ4n) is 2.01. The van der Waals surface area contributed by atoms with Crippen LogP contribution in [-0.4, -0.2) is 58.1 Å². The van der Waals surface area contributed by atoms with Crippen LogP contribution in [0.4, 0.5) is 0 Å². The van der Waals surface area contributed by atoms with E-state index >= 15 is 0 Å². The van der Waals surface area contributed by atoms with E-state index in [0.29, 0.717) is 0 Å². The molecule has 0 unspecified atom stereocenters. The van der Waals surface area contributed by atoms with Gasteiger partial charge in [0.25, 0.3) is 0 Å². The van der Waals surface area contributed by atoms with Crippen molar-refractivity contribution in [2.75, 3.05) is 6.61 Å². The highest BCUT2D eigenvalue weighted by Crippen LogP contribution is 2.40. The molecule has 1 aliphatic rings. The van der Waals surface area contributed by atoms with E-state index in [2.05, 4.69) is 67.7 Å². The van der Waals surface area contributed by atoms with E-state index in [0.717, 1.165) is 0 Å². The SMILES string of the molecule is CC(C)(C)[Si](C)(C)OC[C@H]1O[C@@H](O)[C@H](O[Si](C)(C)C(C)(C)C)[C@@H]1O. The van der Waals surface area contributed by atoms with Gasteiger partial charge in [0.05, 0.1) is 6.61 Å². The Bertz CT molecular complexity index is 426. The van der Waals surface area contributed by atoms with Crippen LogP contribution in [0.25, 0.3) is 0 Å². The van der Waals surface area contributed by atoms with Gasteiger partial charge in [0.15, 0.2) is 22.9 Å². The minimum atomic E-state index is -2.10. The van der Waals surface area contributed by atoms with Crippen LogP contribution in [0.1, 0.15) is 41.5 Å². The van der Waals surface area contributed by atoms with Crippen molar-refractivity contribution in [3.05, 3.63) is 0 Å². The van der Waals surface area contributed by atoms with E-state index in [-0.39, 0.29) is 16.7 Å². The highest BCUT2D eigenvalue weighted by atomic mass is 28.4. The van der Waals surface area contributed by atoms with Gasteiger partial charge in [0.2, 0.25) is 0 Å². The second-order valence-electron chi connectivity index (χ2n) is 9.97. The van der Waals surface area contributed by atoms with Crippen molar-refractivity contribution in [1.29, 1.82) is 0 Å². The van der Waals surface area contributed by atoms with Gasteiger partial charge in [-0.1, -0.05) is 41.5 Å². The predicted octanol–water partition coefficient (Wildman–Crippen LogP) is 3.48. The smallest absolute Gasteiger partial charge is 0.192 e. The summed E-state index contributed by atoms with van der Waals surface area (Å²) in [5.74, 6) is 0. The van der Waals surface area contributed by atoms with Crippen LogP contribution in [0.15, 0.2) is 0 Å². The van der Waals surface area contributed by atoms with Gasteiger partial charge in [0.1, 0.15) is 18.3 Å².